The molecule has 5 N–H and O–H groups in total. The molecule has 6 atom stereocenters. The summed E-state index contributed by atoms with van der Waals surface area (Å²) in [7, 11) is -4.23. The third-order valence-electron chi connectivity index (χ3n) is 7.32. The number of nitrogen functional groups attached to an aromatic ring is 1. The number of hydrogen-bond acceptors (Lipinski definition) is 11. The van der Waals surface area contributed by atoms with E-state index in [1.807, 2.05) is 6.92 Å². The Morgan fingerprint density at radius 3 is 2.65 bits per heavy atom. The SMILES string of the molecule is C[C@H](N[P@@](=O)(OC[C@@]1(C)O[C@@H](c2ccc3c(N)ncnn23)[C@H](O)[C@@H]1O)Oc1ccccc1)C(=O)OCC1(C)CC1. The summed E-state index contributed by atoms with van der Waals surface area (Å²) in [5.41, 5.74) is 5.33. The van der Waals surface area contributed by atoms with Crippen LogP contribution in [-0.4, -0.2) is 67.8 Å². The number of aliphatic hydroxyl groups is 2. The number of nitrogens with one attached hydrogen (secondary N) is 1. The summed E-state index contributed by atoms with van der Waals surface area (Å²) in [4.78, 5) is 16.6. The first-order valence-electron chi connectivity index (χ1n) is 13.0. The van der Waals surface area contributed by atoms with Gasteiger partial charge in [0.1, 0.15) is 47.5 Å². The lowest BCUT2D eigenvalue weighted by Crippen LogP contribution is -2.45. The summed E-state index contributed by atoms with van der Waals surface area (Å²) in [6.45, 7) is 4.85. The van der Waals surface area contributed by atoms with E-state index >= 15 is 0 Å². The Hall–Kier alpha value is -3.06. The molecule has 0 bridgehead atoms. The molecule has 40 heavy (non-hydrogen) atoms. The zero-order valence-electron chi connectivity index (χ0n) is 22.5. The fraction of sp³-hybridized carbons (Fsp3) is 0.500. The number of esters is 1. The third-order valence-corrected chi connectivity index (χ3v) is 8.94. The second kappa shape index (κ2) is 10.7. The van der Waals surface area contributed by atoms with E-state index in [1.165, 1.54) is 24.7 Å². The van der Waals surface area contributed by atoms with E-state index in [1.54, 1.807) is 42.5 Å². The number of para-hydroxylation sites is 1. The van der Waals surface area contributed by atoms with Crippen LogP contribution in [0.15, 0.2) is 48.8 Å². The van der Waals surface area contributed by atoms with Crippen molar-refractivity contribution in [2.75, 3.05) is 18.9 Å². The maximum atomic E-state index is 13.9. The summed E-state index contributed by atoms with van der Waals surface area (Å²) in [5, 5.41) is 28.7. The van der Waals surface area contributed by atoms with E-state index < -0.39 is 50.3 Å². The molecule has 0 unspecified atom stereocenters. The average Bonchev–Trinajstić information content (AvgIpc) is 3.43. The quantitative estimate of drug-likeness (QED) is 0.194. The van der Waals surface area contributed by atoms with Gasteiger partial charge in [-0.25, -0.2) is 14.1 Å². The minimum Gasteiger partial charge on any atom is -0.464 e. The number of benzene rings is 1. The number of carbonyl (C=O) groups excluding carboxylic acids is 1. The highest BCUT2D eigenvalue weighted by Crippen LogP contribution is 2.49. The topological polar surface area (TPSA) is 180 Å². The predicted octanol–water partition coefficient (Wildman–Crippen LogP) is 2.39. The fourth-order valence-electron chi connectivity index (χ4n) is 4.44. The van der Waals surface area contributed by atoms with Crippen LogP contribution in [0, 0.1) is 5.41 Å². The van der Waals surface area contributed by atoms with Gasteiger partial charge in [-0.2, -0.15) is 10.2 Å². The largest absolute Gasteiger partial charge is 0.464 e. The molecule has 1 aromatic carbocycles. The number of fused-ring (bicyclic) bond motifs is 1. The molecule has 3 aromatic rings. The van der Waals surface area contributed by atoms with Gasteiger partial charge in [0.2, 0.25) is 0 Å². The van der Waals surface area contributed by atoms with Crippen LogP contribution in [0.2, 0.25) is 0 Å². The molecule has 1 aliphatic carbocycles. The normalized spacial score (nSPS) is 27.7. The van der Waals surface area contributed by atoms with Gasteiger partial charge in [0.05, 0.1) is 18.9 Å². The minimum atomic E-state index is -4.23. The molecule has 14 heteroatoms. The van der Waals surface area contributed by atoms with Crippen molar-refractivity contribution in [2.45, 2.75) is 63.6 Å². The van der Waals surface area contributed by atoms with Gasteiger partial charge in [0, 0.05) is 5.41 Å². The zero-order valence-corrected chi connectivity index (χ0v) is 23.4. The summed E-state index contributed by atoms with van der Waals surface area (Å²) in [6.07, 6.45) is -0.592. The van der Waals surface area contributed by atoms with Crippen LogP contribution in [0.1, 0.15) is 45.4 Å². The van der Waals surface area contributed by atoms with Crippen molar-refractivity contribution < 1.29 is 38.1 Å². The molecule has 2 fully saturated rings. The summed E-state index contributed by atoms with van der Waals surface area (Å²) in [5.74, 6) is -0.129. The molecule has 5 rings (SSSR count). The highest BCUT2D eigenvalue weighted by molar-refractivity contribution is 7.52. The molecule has 1 aliphatic heterocycles. The van der Waals surface area contributed by atoms with Crippen molar-refractivity contribution in [2.24, 2.45) is 5.41 Å². The Bertz CT molecular complexity index is 1420. The van der Waals surface area contributed by atoms with Gasteiger partial charge in [0.15, 0.2) is 5.82 Å². The van der Waals surface area contributed by atoms with Crippen LogP contribution in [0.3, 0.4) is 0 Å². The molecule has 2 aliphatic rings. The van der Waals surface area contributed by atoms with Gasteiger partial charge in [-0.1, -0.05) is 25.1 Å². The van der Waals surface area contributed by atoms with Crippen molar-refractivity contribution >= 4 is 25.1 Å². The monoisotopic (exact) mass is 575 g/mol. The van der Waals surface area contributed by atoms with Crippen LogP contribution in [0.4, 0.5) is 5.82 Å². The number of anilines is 1. The predicted molar refractivity (Wildman–Crippen MR) is 143 cm³/mol. The first-order valence-corrected chi connectivity index (χ1v) is 14.5. The van der Waals surface area contributed by atoms with E-state index in [0.29, 0.717) is 11.2 Å². The first-order chi connectivity index (χ1) is 18.9. The fourth-order valence-corrected chi connectivity index (χ4v) is 6.03. The highest BCUT2D eigenvalue weighted by atomic mass is 31.2. The summed E-state index contributed by atoms with van der Waals surface area (Å²) < 4.78 is 38.3. The number of aliphatic hydroxyl groups excluding tert-OH is 2. The van der Waals surface area contributed by atoms with Crippen molar-refractivity contribution in [3.8, 4) is 5.75 Å². The molecule has 1 saturated carbocycles. The molecule has 1 saturated heterocycles. The standard InChI is InChI=1S/C26H34N5O8P/c1-16(24(34)36-13-25(2)11-12-25)30-40(35,39-17-7-5-4-6-8-17)37-14-26(3)22(33)20(32)21(38-26)18-9-10-19-23(27)28-15-29-31(18)19/h4-10,15-16,20-22,32-33H,11-14H2,1-3H3,(H,30,35)(H2,27,28,29)/t16-,20-,21-,22-,26+,40+/m0/s1. The lowest BCUT2D eigenvalue weighted by molar-refractivity contribution is -0.147. The van der Waals surface area contributed by atoms with Gasteiger partial charge in [0.25, 0.3) is 0 Å². The first kappa shape index (κ1) is 28.5. The Morgan fingerprint density at radius 2 is 1.95 bits per heavy atom. The van der Waals surface area contributed by atoms with Gasteiger partial charge in [-0.15, -0.1) is 0 Å². The molecular formula is C26H34N5O8P. The smallest absolute Gasteiger partial charge is 0.459 e. The number of nitrogens with zero attached hydrogens (tertiary/aromatic N) is 3. The molecule has 3 heterocycles. The van der Waals surface area contributed by atoms with Crippen LogP contribution in [0.25, 0.3) is 5.52 Å². The molecular weight excluding hydrogens is 541 g/mol. The number of nitrogens with two attached hydrogens (primary N) is 1. The Kier molecular flexibility index (Phi) is 7.64. The van der Waals surface area contributed by atoms with Crippen LogP contribution < -0.4 is 15.3 Å². The molecule has 13 nitrogen and oxygen atoms in total. The second-order valence-electron chi connectivity index (χ2n) is 10.9. The Morgan fingerprint density at radius 1 is 1.23 bits per heavy atom. The minimum absolute atomic E-state index is 0.0128. The number of rotatable bonds is 11. The lowest BCUT2D eigenvalue weighted by Gasteiger charge is -2.30. The Balaban J connectivity index is 1.32. The average molecular weight is 576 g/mol. The van der Waals surface area contributed by atoms with Gasteiger partial charge in [-0.3, -0.25) is 9.32 Å². The van der Waals surface area contributed by atoms with Gasteiger partial charge in [-0.05, 0) is 51.0 Å². The van der Waals surface area contributed by atoms with E-state index in [9.17, 15) is 19.6 Å². The van der Waals surface area contributed by atoms with E-state index in [0.717, 1.165) is 12.8 Å². The number of ether oxygens (including phenoxy) is 2. The van der Waals surface area contributed by atoms with E-state index in [2.05, 4.69) is 15.2 Å². The molecule has 0 radical (unpaired) electrons. The Labute approximate surface area is 231 Å². The van der Waals surface area contributed by atoms with Crippen LogP contribution in [-0.2, 0) is 23.4 Å². The maximum absolute atomic E-state index is 13.9. The summed E-state index contributed by atoms with van der Waals surface area (Å²) >= 11 is 0. The van der Waals surface area contributed by atoms with E-state index in [-0.39, 0.29) is 23.6 Å². The highest BCUT2D eigenvalue weighted by Gasteiger charge is 2.54. The second-order valence-corrected chi connectivity index (χ2v) is 12.6. The van der Waals surface area contributed by atoms with Gasteiger partial charge < -0.3 is 29.9 Å². The molecule has 0 spiro atoms. The van der Waals surface area contributed by atoms with Crippen molar-refractivity contribution in [1.82, 2.24) is 19.7 Å². The zero-order chi connectivity index (χ0) is 28.7. The maximum Gasteiger partial charge on any atom is 0.459 e. The molecule has 0 amide bonds. The number of aromatic nitrogens is 3. The third kappa shape index (κ3) is 5.85. The number of carbonyl (C=O) groups is 1. The van der Waals surface area contributed by atoms with Gasteiger partial charge >= 0.3 is 13.7 Å². The molecule has 216 valence electrons. The van der Waals surface area contributed by atoms with Crippen LogP contribution >= 0.6 is 7.75 Å². The molecule has 2 aromatic heterocycles. The van der Waals surface area contributed by atoms with Crippen molar-refractivity contribution in [3.63, 3.8) is 0 Å². The lowest BCUT2D eigenvalue weighted by atomic mass is 9.97. The van der Waals surface area contributed by atoms with Crippen molar-refractivity contribution in [1.29, 1.82) is 0 Å². The number of hydrogen-bond donors (Lipinski definition) is 4. The van der Waals surface area contributed by atoms with E-state index in [4.69, 9.17) is 24.3 Å². The van der Waals surface area contributed by atoms with Crippen LogP contribution in [0.5, 0.6) is 5.75 Å². The van der Waals surface area contributed by atoms with Crippen molar-refractivity contribution in [3.05, 3.63) is 54.5 Å². The summed E-state index contributed by atoms with van der Waals surface area (Å²) in [6, 6.07) is 10.6.